The van der Waals surface area contributed by atoms with E-state index in [-0.39, 0.29) is 24.3 Å². The maximum Gasteiger partial charge on any atom is 0.239 e. The van der Waals surface area contributed by atoms with E-state index in [0.717, 1.165) is 25.2 Å². The van der Waals surface area contributed by atoms with Gasteiger partial charge in [-0.25, -0.2) is 0 Å². The predicted octanol–water partition coefficient (Wildman–Crippen LogP) is 1.78. The number of rotatable bonds is 8. The van der Waals surface area contributed by atoms with E-state index < -0.39 is 6.04 Å². The Morgan fingerprint density at radius 3 is 2.30 bits per heavy atom. The highest BCUT2D eigenvalue weighted by Crippen LogP contribution is 2.16. The molecule has 6 heteroatoms. The summed E-state index contributed by atoms with van der Waals surface area (Å²) in [6.45, 7) is 7.39. The molecule has 150 valence electrons. The summed E-state index contributed by atoms with van der Waals surface area (Å²) in [6.07, 6.45) is 5.16. The van der Waals surface area contributed by atoms with Crippen molar-refractivity contribution in [2.75, 3.05) is 19.6 Å². The Kier molecular flexibility index (Phi) is 8.75. The Balaban J connectivity index is 1.83. The van der Waals surface area contributed by atoms with Gasteiger partial charge in [0.25, 0.3) is 0 Å². The summed E-state index contributed by atoms with van der Waals surface area (Å²) < 4.78 is 0. The third kappa shape index (κ3) is 7.31. The lowest BCUT2D eigenvalue weighted by Gasteiger charge is -2.21. The summed E-state index contributed by atoms with van der Waals surface area (Å²) >= 11 is 0. The van der Waals surface area contributed by atoms with Crippen LogP contribution in [0, 0.1) is 5.92 Å². The van der Waals surface area contributed by atoms with Gasteiger partial charge in [0, 0.05) is 13.1 Å². The number of nitrogens with two attached hydrogens (primary N) is 1. The second kappa shape index (κ2) is 11.0. The SMILES string of the molecule is CC(C)[C@H](N)C(=O)NCC(=O)NCc1ccccc1CN1CCCCCC1. The molecule has 1 aromatic rings. The Morgan fingerprint density at radius 2 is 1.67 bits per heavy atom. The van der Waals surface area contributed by atoms with Crippen LogP contribution in [0.15, 0.2) is 24.3 Å². The van der Waals surface area contributed by atoms with E-state index in [2.05, 4.69) is 27.7 Å². The second-order valence-electron chi connectivity index (χ2n) is 7.72. The highest BCUT2D eigenvalue weighted by Gasteiger charge is 2.17. The van der Waals surface area contributed by atoms with Crippen LogP contribution >= 0.6 is 0 Å². The zero-order valence-corrected chi connectivity index (χ0v) is 16.7. The van der Waals surface area contributed by atoms with Crippen LogP contribution in [0.4, 0.5) is 0 Å². The van der Waals surface area contributed by atoms with Crippen LogP contribution in [0.2, 0.25) is 0 Å². The molecule has 1 aromatic carbocycles. The molecule has 0 spiro atoms. The van der Waals surface area contributed by atoms with Crippen molar-refractivity contribution in [3.8, 4) is 0 Å². The van der Waals surface area contributed by atoms with Crippen molar-refractivity contribution in [3.63, 3.8) is 0 Å². The van der Waals surface area contributed by atoms with Gasteiger partial charge in [-0.15, -0.1) is 0 Å². The Morgan fingerprint density at radius 1 is 1.04 bits per heavy atom. The number of hydrogen-bond donors (Lipinski definition) is 3. The fraction of sp³-hybridized carbons (Fsp3) is 0.619. The fourth-order valence-electron chi connectivity index (χ4n) is 3.26. The first-order valence-corrected chi connectivity index (χ1v) is 10.1. The van der Waals surface area contributed by atoms with E-state index in [1.165, 1.54) is 31.2 Å². The summed E-state index contributed by atoms with van der Waals surface area (Å²) in [7, 11) is 0. The number of benzene rings is 1. The number of amides is 2. The molecule has 1 aliphatic heterocycles. The summed E-state index contributed by atoms with van der Waals surface area (Å²) in [6, 6.07) is 7.64. The van der Waals surface area contributed by atoms with Crippen molar-refractivity contribution in [2.24, 2.45) is 11.7 Å². The first-order chi connectivity index (χ1) is 13.0. The highest BCUT2D eigenvalue weighted by molar-refractivity contribution is 5.87. The molecule has 0 radical (unpaired) electrons. The van der Waals surface area contributed by atoms with Crippen molar-refractivity contribution >= 4 is 11.8 Å². The van der Waals surface area contributed by atoms with Crippen LogP contribution in [0.3, 0.4) is 0 Å². The van der Waals surface area contributed by atoms with E-state index in [1.807, 2.05) is 26.0 Å². The van der Waals surface area contributed by atoms with Crippen LogP contribution < -0.4 is 16.4 Å². The van der Waals surface area contributed by atoms with E-state index in [1.54, 1.807) is 0 Å². The van der Waals surface area contributed by atoms with Crippen LogP contribution in [-0.4, -0.2) is 42.4 Å². The zero-order valence-electron chi connectivity index (χ0n) is 16.7. The molecule has 1 heterocycles. The summed E-state index contributed by atoms with van der Waals surface area (Å²) in [4.78, 5) is 26.4. The lowest BCUT2D eigenvalue weighted by atomic mass is 10.1. The van der Waals surface area contributed by atoms with Gasteiger partial charge in [0.1, 0.15) is 0 Å². The van der Waals surface area contributed by atoms with E-state index in [0.29, 0.717) is 6.54 Å². The molecule has 0 aliphatic carbocycles. The number of carbonyl (C=O) groups excluding carboxylic acids is 2. The molecule has 2 amide bonds. The lowest BCUT2D eigenvalue weighted by molar-refractivity contribution is -0.127. The van der Waals surface area contributed by atoms with Crippen LogP contribution in [0.5, 0.6) is 0 Å². The molecule has 0 unspecified atom stereocenters. The Hall–Kier alpha value is -1.92. The molecule has 6 nitrogen and oxygen atoms in total. The van der Waals surface area contributed by atoms with Gasteiger partial charge in [0.05, 0.1) is 12.6 Å². The summed E-state index contributed by atoms with van der Waals surface area (Å²) in [5, 5.41) is 5.50. The molecular formula is C21H34N4O2. The third-order valence-electron chi connectivity index (χ3n) is 5.13. The molecule has 0 saturated carbocycles. The molecule has 1 atom stereocenters. The topological polar surface area (TPSA) is 87.5 Å². The van der Waals surface area contributed by atoms with Gasteiger partial charge in [-0.3, -0.25) is 14.5 Å². The van der Waals surface area contributed by atoms with Gasteiger partial charge in [-0.05, 0) is 43.0 Å². The number of nitrogens with one attached hydrogen (secondary N) is 2. The van der Waals surface area contributed by atoms with E-state index in [4.69, 9.17) is 5.73 Å². The predicted molar refractivity (Wildman–Crippen MR) is 108 cm³/mol. The van der Waals surface area contributed by atoms with Gasteiger partial charge in [-0.2, -0.15) is 0 Å². The van der Waals surface area contributed by atoms with Crippen molar-refractivity contribution in [2.45, 2.75) is 58.7 Å². The van der Waals surface area contributed by atoms with Gasteiger partial charge in [0.15, 0.2) is 0 Å². The third-order valence-corrected chi connectivity index (χ3v) is 5.13. The minimum atomic E-state index is -0.591. The Labute approximate surface area is 162 Å². The minimum Gasteiger partial charge on any atom is -0.350 e. The molecule has 4 N–H and O–H groups in total. The largest absolute Gasteiger partial charge is 0.350 e. The first-order valence-electron chi connectivity index (χ1n) is 10.1. The molecule has 0 bridgehead atoms. The van der Waals surface area contributed by atoms with Crippen molar-refractivity contribution < 1.29 is 9.59 Å². The number of carbonyl (C=O) groups is 2. The van der Waals surface area contributed by atoms with Gasteiger partial charge in [0.2, 0.25) is 11.8 Å². The molecule has 27 heavy (non-hydrogen) atoms. The van der Waals surface area contributed by atoms with Crippen LogP contribution in [-0.2, 0) is 22.7 Å². The summed E-state index contributed by atoms with van der Waals surface area (Å²) in [5.41, 5.74) is 8.16. The van der Waals surface area contributed by atoms with Gasteiger partial charge >= 0.3 is 0 Å². The average molecular weight is 375 g/mol. The van der Waals surface area contributed by atoms with E-state index >= 15 is 0 Å². The zero-order chi connectivity index (χ0) is 19.6. The molecule has 2 rings (SSSR count). The summed E-state index contributed by atoms with van der Waals surface area (Å²) in [5.74, 6) is -0.454. The van der Waals surface area contributed by atoms with Crippen LogP contribution in [0.1, 0.15) is 50.7 Å². The molecule has 0 aromatic heterocycles. The molecule has 1 aliphatic rings. The average Bonchev–Trinajstić information content (AvgIpc) is 2.93. The molecular weight excluding hydrogens is 340 g/mol. The maximum absolute atomic E-state index is 12.1. The van der Waals surface area contributed by atoms with E-state index in [9.17, 15) is 9.59 Å². The Bertz CT molecular complexity index is 610. The van der Waals surface area contributed by atoms with Crippen molar-refractivity contribution in [3.05, 3.63) is 35.4 Å². The fourth-order valence-corrected chi connectivity index (χ4v) is 3.26. The number of nitrogens with zero attached hydrogens (tertiary/aromatic N) is 1. The minimum absolute atomic E-state index is 0.0407. The maximum atomic E-state index is 12.1. The lowest BCUT2D eigenvalue weighted by Crippen LogP contribution is -2.47. The first kappa shape index (κ1) is 21.4. The number of hydrogen-bond acceptors (Lipinski definition) is 4. The second-order valence-corrected chi connectivity index (χ2v) is 7.72. The van der Waals surface area contributed by atoms with Crippen molar-refractivity contribution in [1.82, 2.24) is 15.5 Å². The highest BCUT2D eigenvalue weighted by atomic mass is 16.2. The standard InChI is InChI=1S/C21H34N4O2/c1-16(2)20(22)21(27)24-14-19(26)23-13-17-9-5-6-10-18(17)15-25-11-7-3-4-8-12-25/h5-6,9-10,16,20H,3-4,7-8,11-15,22H2,1-2H3,(H,23,26)(H,24,27)/t20-/m0/s1. The quantitative estimate of drug-likeness (QED) is 0.647. The van der Waals surface area contributed by atoms with Gasteiger partial charge in [-0.1, -0.05) is 51.0 Å². The normalized spacial score (nSPS) is 16.6. The van der Waals surface area contributed by atoms with Crippen molar-refractivity contribution in [1.29, 1.82) is 0 Å². The van der Waals surface area contributed by atoms with Gasteiger partial charge < -0.3 is 16.4 Å². The molecule has 1 fully saturated rings. The smallest absolute Gasteiger partial charge is 0.239 e. The molecule has 1 saturated heterocycles. The van der Waals surface area contributed by atoms with Crippen LogP contribution in [0.25, 0.3) is 0 Å². The monoisotopic (exact) mass is 374 g/mol. The number of likely N-dealkylation sites (tertiary alicyclic amines) is 1.